The number of rotatable bonds is 8. The highest BCUT2D eigenvalue weighted by atomic mass is 32.2. The van der Waals surface area contributed by atoms with Crippen LogP contribution in [0.3, 0.4) is 0 Å². The van der Waals surface area contributed by atoms with Crippen LogP contribution < -0.4 is 19.1 Å². The minimum Gasteiger partial charge on any atom is -0.497 e. The minimum atomic E-state index is -3.96. The molecule has 34 heavy (non-hydrogen) atoms. The van der Waals surface area contributed by atoms with Crippen LogP contribution in [-0.2, 0) is 14.8 Å². The summed E-state index contributed by atoms with van der Waals surface area (Å²) in [4.78, 5) is 13.1. The smallest absolute Gasteiger partial charge is 0.269 e. The van der Waals surface area contributed by atoms with E-state index in [2.05, 4.69) is 29.4 Å². The molecule has 1 aliphatic heterocycles. The minimum absolute atomic E-state index is 0.0834. The van der Waals surface area contributed by atoms with Gasteiger partial charge in [-0.25, -0.2) is 8.42 Å². The summed E-state index contributed by atoms with van der Waals surface area (Å²) in [6.45, 7) is 4.03. The number of nitrogens with zero attached hydrogens (tertiary/aromatic N) is 3. The van der Waals surface area contributed by atoms with Gasteiger partial charge in [-0.2, -0.15) is 0 Å². The number of methoxy groups -OCH3 is 1. The van der Waals surface area contributed by atoms with Crippen molar-refractivity contribution in [1.29, 1.82) is 0 Å². The van der Waals surface area contributed by atoms with Gasteiger partial charge < -0.3 is 9.47 Å². The molecule has 0 spiro atoms. The van der Waals surface area contributed by atoms with Crippen LogP contribution in [0.5, 0.6) is 11.5 Å². The second kappa shape index (κ2) is 10.2. The fourth-order valence-corrected chi connectivity index (χ4v) is 6.39. The lowest BCUT2D eigenvalue weighted by Crippen LogP contribution is -2.48. The number of hydrogen-bond donors (Lipinski definition) is 1. The lowest BCUT2D eigenvalue weighted by Gasteiger charge is -2.34. The molecule has 180 valence electrons. The summed E-state index contributed by atoms with van der Waals surface area (Å²) in [6, 6.07) is 12.8. The van der Waals surface area contributed by atoms with Crippen molar-refractivity contribution in [3.05, 3.63) is 48.5 Å². The Kier molecular flexibility index (Phi) is 7.29. The molecule has 2 heterocycles. The number of benzene rings is 2. The average molecular weight is 521 g/mol. The van der Waals surface area contributed by atoms with Gasteiger partial charge in [-0.1, -0.05) is 49.1 Å². The molecular weight excluding hydrogens is 496 g/mol. The van der Waals surface area contributed by atoms with Crippen LogP contribution in [0, 0.1) is 5.92 Å². The highest BCUT2D eigenvalue weighted by Gasteiger charge is 2.37. The number of anilines is 2. The first kappa shape index (κ1) is 24.3. The van der Waals surface area contributed by atoms with Crippen LogP contribution in [-0.4, -0.2) is 50.0 Å². The number of fused-ring (bicyclic) bond motifs is 1. The quantitative estimate of drug-likeness (QED) is 0.352. The monoisotopic (exact) mass is 520 g/mol. The number of nitrogens with one attached hydrogen (secondary N) is 1. The first-order chi connectivity index (χ1) is 16.3. The third kappa shape index (κ3) is 5.29. The van der Waals surface area contributed by atoms with Crippen LogP contribution >= 0.6 is 23.1 Å². The van der Waals surface area contributed by atoms with Gasteiger partial charge in [0, 0.05) is 5.75 Å². The molecule has 1 aromatic heterocycles. The van der Waals surface area contributed by atoms with Gasteiger partial charge in [0.25, 0.3) is 15.9 Å². The molecule has 0 saturated carbocycles. The molecule has 2 aromatic carbocycles. The normalized spacial score (nSPS) is 15.5. The maximum absolute atomic E-state index is 13.5. The van der Waals surface area contributed by atoms with Gasteiger partial charge in [0.05, 0.1) is 24.2 Å². The Bertz CT molecular complexity index is 1260. The number of hydrogen-bond acceptors (Lipinski definition) is 9. The molecule has 1 N–H and O–H groups in total. The molecular formula is C22H24N4O5S3. The molecule has 1 aliphatic rings. The Morgan fingerprint density at radius 1 is 1.24 bits per heavy atom. The van der Waals surface area contributed by atoms with Crippen molar-refractivity contribution in [3.63, 3.8) is 0 Å². The first-order valence-electron chi connectivity index (χ1n) is 10.5. The molecule has 4 rings (SSSR count). The topological polar surface area (TPSA) is 111 Å². The number of aromatic nitrogens is 2. The SMILES string of the molecule is COc1ccc(S(=O)(=O)N2CC(C(=O)Nc3nnc(SCC(C)C)s3)Oc3ccccc32)cc1. The van der Waals surface area contributed by atoms with Crippen LogP contribution in [0.2, 0.25) is 0 Å². The van der Waals surface area contributed by atoms with Crippen molar-refractivity contribution >= 4 is 49.8 Å². The van der Waals surface area contributed by atoms with Crippen LogP contribution in [0.15, 0.2) is 57.8 Å². The largest absolute Gasteiger partial charge is 0.497 e. The van der Waals surface area contributed by atoms with E-state index in [1.54, 1.807) is 48.2 Å². The number of amides is 1. The molecule has 0 fully saturated rings. The van der Waals surface area contributed by atoms with Crippen molar-refractivity contribution in [2.24, 2.45) is 5.92 Å². The van der Waals surface area contributed by atoms with Gasteiger partial charge in [0.1, 0.15) is 11.5 Å². The maximum atomic E-state index is 13.5. The Morgan fingerprint density at radius 3 is 2.68 bits per heavy atom. The van der Waals surface area contributed by atoms with Crippen molar-refractivity contribution in [3.8, 4) is 11.5 Å². The second-order valence-corrected chi connectivity index (χ2v) is 12.0. The van der Waals surface area contributed by atoms with Crippen molar-refractivity contribution in [1.82, 2.24) is 10.2 Å². The highest BCUT2D eigenvalue weighted by Crippen LogP contribution is 2.37. The van der Waals surface area contributed by atoms with Gasteiger partial charge in [0.2, 0.25) is 5.13 Å². The molecule has 0 bridgehead atoms. The molecule has 12 heteroatoms. The van der Waals surface area contributed by atoms with E-state index in [9.17, 15) is 13.2 Å². The summed E-state index contributed by atoms with van der Waals surface area (Å²) in [5.41, 5.74) is 0.366. The number of carbonyl (C=O) groups excluding carboxylic acids is 1. The fraction of sp³-hybridized carbons (Fsp3) is 0.318. The third-order valence-electron chi connectivity index (χ3n) is 4.85. The van der Waals surface area contributed by atoms with E-state index in [4.69, 9.17) is 9.47 Å². The number of thioether (sulfide) groups is 1. The van der Waals surface area contributed by atoms with Gasteiger partial charge in [-0.05, 0) is 42.3 Å². The van der Waals surface area contributed by atoms with E-state index in [1.165, 1.54) is 34.9 Å². The molecule has 0 saturated heterocycles. The Labute approximate surface area is 206 Å². The number of ether oxygens (including phenoxy) is 2. The van der Waals surface area contributed by atoms with Crippen molar-refractivity contribution in [2.45, 2.75) is 29.2 Å². The summed E-state index contributed by atoms with van der Waals surface area (Å²) >= 11 is 2.84. The van der Waals surface area contributed by atoms with E-state index in [0.29, 0.717) is 28.2 Å². The zero-order valence-electron chi connectivity index (χ0n) is 18.8. The molecule has 1 atom stereocenters. The Hall–Kier alpha value is -2.83. The van der Waals surface area contributed by atoms with E-state index in [1.807, 2.05) is 0 Å². The van der Waals surface area contributed by atoms with E-state index in [0.717, 1.165) is 10.1 Å². The van der Waals surface area contributed by atoms with E-state index in [-0.39, 0.29) is 11.4 Å². The Balaban J connectivity index is 1.56. The first-order valence-corrected chi connectivity index (χ1v) is 13.7. The fourth-order valence-electron chi connectivity index (χ4n) is 3.18. The highest BCUT2D eigenvalue weighted by molar-refractivity contribution is 8.01. The summed E-state index contributed by atoms with van der Waals surface area (Å²) in [5, 5.41) is 11.2. The predicted octanol–water partition coefficient (Wildman–Crippen LogP) is 3.89. The zero-order valence-corrected chi connectivity index (χ0v) is 21.2. The van der Waals surface area contributed by atoms with Gasteiger partial charge in [0.15, 0.2) is 10.4 Å². The summed E-state index contributed by atoms with van der Waals surface area (Å²) in [5.74, 6) is 1.74. The lowest BCUT2D eigenvalue weighted by molar-refractivity contribution is -0.122. The van der Waals surface area contributed by atoms with Crippen molar-refractivity contribution < 1.29 is 22.7 Å². The average Bonchev–Trinajstić information content (AvgIpc) is 3.29. The van der Waals surface area contributed by atoms with Crippen LogP contribution in [0.4, 0.5) is 10.8 Å². The molecule has 9 nitrogen and oxygen atoms in total. The van der Waals surface area contributed by atoms with E-state index < -0.39 is 22.0 Å². The van der Waals surface area contributed by atoms with E-state index >= 15 is 0 Å². The maximum Gasteiger partial charge on any atom is 0.269 e. The van der Waals surface area contributed by atoms with Crippen LogP contribution in [0.1, 0.15) is 13.8 Å². The third-order valence-corrected chi connectivity index (χ3v) is 9.04. The lowest BCUT2D eigenvalue weighted by atomic mass is 10.2. The summed E-state index contributed by atoms with van der Waals surface area (Å²) < 4.78 is 39.9. The van der Waals surface area contributed by atoms with Crippen molar-refractivity contribution in [2.75, 3.05) is 29.0 Å². The molecule has 1 amide bonds. The second-order valence-electron chi connectivity index (χ2n) is 7.85. The summed E-state index contributed by atoms with van der Waals surface area (Å²) in [7, 11) is -2.45. The summed E-state index contributed by atoms with van der Waals surface area (Å²) in [6.07, 6.45) is -1.07. The number of sulfonamides is 1. The van der Waals surface area contributed by atoms with Gasteiger partial charge >= 0.3 is 0 Å². The standard InChI is InChI=1S/C22H24N4O5S3/c1-14(2)13-32-22-25-24-21(33-22)23-20(27)19-12-26(17-6-4-5-7-18(17)31-19)34(28,29)16-10-8-15(30-3)9-11-16/h4-11,14,19H,12-13H2,1-3H3,(H,23,24,27). The molecule has 3 aromatic rings. The number of carbonyl (C=O) groups is 1. The Morgan fingerprint density at radius 2 is 1.97 bits per heavy atom. The van der Waals surface area contributed by atoms with Crippen LogP contribution in [0.25, 0.3) is 0 Å². The predicted molar refractivity (Wildman–Crippen MR) is 132 cm³/mol. The van der Waals surface area contributed by atoms with Gasteiger partial charge in [-0.15, -0.1) is 10.2 Å². The molecule has 0 aliphatic carbocycles. The number of para-hydroxylation sites is 2. The zero-order chi connectivity index (χ0) is 24.3. The van der Waals surface area contributed by atoms with Gasteiger partial charge in [-0.3, -0.25) is 14.4 Å². The molecule has 1 unspecified atom stereocenters. The molecule has 0 radical (unpaired) electrons.